The smallest absolute Gasteiger partial charge is 0.136 e. The van der Waals surface area contributed by atoms with Gasteiger partial charge in [-0.1, -0.05) is 6.92 Å². The lowest BCUT2D eigenvalue weighted by atomic mass is 9.92. The Balaban J connectivity index is 2.47. The molecule has 0 spiro atoms. The van der Waals surface area contributed by atoms with Crippen molar-refractivity contribution in [3.63, 3.8) is 0 Å². The fourth-order valence-corrected chi connectivity index (χ4v) is 1.16. The van der Waals surface area contributed by atoms with E-state index >= 15 is 0 Å². The Bertz CT molecular complexity index is 178. The van der Waals surface area contributed by atoms with Gasteiger partial charge >= 0.3 is 0 Å². The molecule has 1 atom stereocenters. The van der Waals surface area contributed by atoms with E-state index in [4.69, 9.17) is 10.5 Å². The van der Waals surface area contributed by atoms with Gasteiger partial charge in [0.25, 0.3) is 0 Å². The molecular formula is C8H10N2. The average Bonchev–Trinajstić information content (AvgIpc) is 2.71. The molecule has 0 aromatic heterocycles. The number of rotatable bonds is 2. The van der Waals surface area contributed by atoms with E-state index in [0.717, 1.165) is 0 Å². The van der Waals surface area contributed by atoms with Crippen molar-refractivity contribution in [2.75, 3.05) is 0 Å². The Hall–Kier alpha value is -1.02. The van der Waals surface area contributed by atoms with E-state index in [1.54, 1.807) is 0 Å². The molecule has 52 valence electrons. The lowest BCUT2D eigenvalue weighted by molar-refractivity contribution is 0.453. The zero-order chi connectivity index (χ0) is 7.56. The van der Waals surface area contributed by atoms with Gasteiger partial charge in [-0.25, -0.2) is 0 Å². The second kappa shape index (κ2) is 2.71. The maximum atomic E-state index is 8.50. The van der Waals surface area contributed by atoms with Crippen molar-refractivity contribution >= 4 is 0 Å². The first-order valence-electron chi connectivity index (χ1n) is 3.59. The molecule has 2 nitrogen and oxygen atoms in total. The van der Waals surface area contributed by atoms with E-state index in [1.807, 2.05) is 19.1 Å². The largest absolute Gasteiger partial charge is 0.197 e. The molecule has 0 heterocycles. The quantitative estimate of drug-likeness (QED) is 0.577. The molecule has 0 aliphatic heterocycles. The Labute approximate surface area is 61.1 Å². The maximum absolute atomic E-state index is 8.50. The molecule has 1 rings (SSSR count). The van der Waals surface area contributed by atoms with Crippen LogP contribution in [0.2, 0.25) is 0 Å². The van der Waals surface area contributed by atoms with E-state index < -0.39 is 0 Å². The van der Waals surface area contributed by atoms with Gasteiger partial charge in [0.2, 0.25) is 0 Å². The van der Waals surface area contributed by atoms with Gasteiger partial charge in [0, 0.05) is 0 Å². The first kappa shape index (κ1) is 7.09. The van der Waals surface area contributed by atoms with Gasteiger partial charge in [0.1, 0.15) is 5.92 Å². The van der Waals surface area contributed by atoms with Crippen LogP contribution >= 0.6 is 0 Å². The third-order valence-corrected chi connectivity index (χ3v) is 2.17. The van der Waals surface area contributed by atoms with Gasteiger partial charge < -0.3 is 0 Å². The zero-order valence-corrected chi connectivity index (χ0v) is 6.04. The summed E-state index contributed by atoms with van der Waals surface area (Å²) in [4.78, 5) is 0. The van der Waals surface area contributed by atoms with Crippen LogP contribution in [0.5, 0.6) is 0 Å². The van der Waals surface area contributed by atoms with Gasteiger partial charge in [-0.05, 0) is 24.7 Å². The highest BCUT2D eigenvalue weighted by atomic mass is 14.4. The third kappa shape index (κ3) is 1.28. The summed E-state index contributed by atoms with van der Waals surface area (Å²) in [6.45, 7) is 1.99. The summed E-state index contributed by atoms with van der Waals surface area (Å²) in [5.41, 5.74) is 0. The molecule has 1 aliphatic rings. The number of nitrogens with zero attached hydrogens (tertiary/aromatic N) is 2. The van der Waals surface area contributed by atoms with Crippen LogP contribution in [0, 0.1) is 40.4 Å². The van der Waals surface area contributed by atoms with Crippen molar-refractivity contribution < 1.29 is 0 Å². The lowest BCUT2D eigenvalue weighted by Gasteiger charge is -2.07. The van der Waals surface area contributed by atoms with E-state index in [9.17, 15) is 0 Å². The summed E-state index contributed by atoms with van der Waals surface area (Å²) in [7, 11) is 0. The molecule has 0 saturated heterocycles. The number of hydrogen-bond donors (Lipinski definition) is 0. The van der Waals surface area contributed by atoms with Crippen molar-refractivity contribution in [2.24, 2.45) is 17.8 Å². The average molecular weight is 134 g/mol. The molecule has 10 heavy (non-hydrogen) atoms. The maximum Gasteiger partial charge on any atom is 0.136 e. The molecule has 0 aromatic rings. The highest BCUT2D eigenvalue weighted by Gasteiger charge is 2.33. The third-order valence-electron chi connectivity index (χ3n) is 2.17. The topological polar surface area (TPSA) is 47.6 Å². The van der Waals surface area contributed by atoms with Crippen molar-refractivity contribution in [3.05, 3.63) is 0 Å². The first-order chi connectivity index (χ1) is 4.79. The minimum atomic E-state index is -0.382. The van der Waals surface area contributed by atoms with Crippen LogP contribution in [0.1, 0.15) is 19.8 Å². The molecule has 0 N–H and O–H groups in total. The van der Waals surface area contributed by atoms with E-state index in [2.05, 4.69) is 0 Å². The lowest BCUT2D eigenvalue weighted by Crippen LogP contribution is -2.08. The summed E-state index contributed by atoms with van der Waals surface area (Å²) in [5, 5.41) is 17.0. The van der Waals surface area contributed by atoms with Crippen LogP contribution in [0.4, 0.5) is 0 Å². The van der Waals surface area contributed by atoms with Crippen LogP contribution < -0.4 is 0 Å². The van der Waals surface area contributed by atoms with E-state index in [-0.39, 0.29) is 11.8 Å². The molecule has 1 saturated carbocycles. The van der Waals surface area contributed by atoms with Crippen LogP contribution in [0.25, 0.3) is 0 Å². The highest BCUT2D eigenvalue weighted by Crippen LogP contribution is 2.39. The molecule has 1 fully saturated rings. The van der Waals surface area contributed by atoms with Crippen molar-refractivity contribution in [1.29, 1.82) is 10.5 Å². The number of hydrogen-bond acceptors (Lipinski definition) is 2. The fourth-order valence-electron chi connectivity index (χ4n) is 1.16. The summed E-state index contributed by atoms with van der Waals surface area (Å²) < 4.78 is 0. The summed E-state index contributed by atoms with van der Waals surface area (Å²) >= 11 is 0. The van der Waals surface area contributed by atoms with Gasteiger partial charge in [-0.2, -0.15) is 10.5 Å². The Kier molecular flexibility index (Phi) is 1.92. The van der Waals surface area contributed by atoms with Crippen molar-refractivity contribution in [3.8, 4) is 12.1 Å². The zero-order valence-electron chi connectivity index (χ0n) is 6.04. The predicted octanol–water partition coefficient (Wildman–Crippen LogP) is 1.70. The van der Waals surface area contributed by atoms with Crippen molar-refractivity contribution in [1.82, 2.24) is 0 Å². The molecule has 0 bridgehead atoms. The molecule has 0 radical (unpaired) electrons. The van der Waals surface area contributed by atoms with Crippen LogP contribution in [0.3, 0.4) is 0 Å². The van der Waals surface area contributed by atoms with Crippen LogP contribution in [-0.2, 0) is 0 Å². The van der Waals surface area contributed by atoms with E-state index in [0.29, 0.717) is 5.92 Å². The van der Waals surface area contributed by atoms with Gasteiger partial charge in [0.15, 0.2) is 0 Å². The summed E-state index contributed by atoms with van der Waals surface area (Å²) in [6.07, 6.45) is 2.42. The monoisotopic (exact) mass is 134 g/mol. The minimum Gasteiger partial charge on any atom is -0.197 e. The number of nitriles is 2. The van der Waals surface area contributed by atoms with Crippen molar-refractivity contribution in [2.45, 2.75) is 19.8 Å². The SMILES string of the molecule is CC(C(C#N)C#N)C1CC1. The molecular weight excluding hydrogens is 124 g/mol. The fraction of sp³-hybridized carbons (Fsp3) is 0.750. The van der Waals surface area contributed by atoms with Gasteiger partial charge in [0.05, 0.1) is 12.1 Å². The van der Waals surface area contributed by atoms with Gasteiger partial charge in [-0.15, -0.1) is 0 Å². The second-order valence-electron chi connectivity index (χ2n) is 2.93. The normalized spacial score (nSPS) is 19.6. The Morgan fingerprint density at radius 2 is 1.80 bits per heavy atom. The summed E-state index contributed by atoms with van der Waals surface area (Å²) in [6, 6.07) is 4.02. The highest BCUT2D eigenvalue weighted by molar-refractivity contribution is 5.04. The van der Waals surface area contributed by atoms with Gasteiger partial charge in [-0.3, -0.25) is 0 Å². The summed E-state index contributed by atoms with van der Waals surface area (Å²) in [5.74, 6) is 0.562. The standard InChI is InChI=1S/C8H10N2/c1-6(7-2-3-7)8(4-9)5-10/h6-8H,2-3H2,1H3. The minimum absolute atomic E-state index is 0.287. The van der Waals surface area contributed by atoms with E-state index in [1.165, 1.54) is 12.8 Å². The molecule has 0 aromatic carbocycles. The van der Waals surface area contributed by atoms with Crippen LogP contribution in [0.15, 0.2) is 0 Å². The molecule has 1 aliphatic carbocycles. The molecule has 2 heteroatoms. The van der Waals surface area contributed by atoms with Crippen LogP contribution in [-0.4, -0.2) is 0 Å². The molecule has 1 unspecified atom stereocenters. The first-order valence-corrected chi connectivity index (χ1v) is 3.59. The molecule has 0 amide bonds. The second-order valence-corrected chi connectivity index (χ2v) is 2.93. The Morgan fingerprint density at radius 3 is 2.10 bits per heavy atom. The predicted molar refractivity (Wildman–Crippen MR) is 36.6 cm³/mol. The Morgan fingerprint density at radius 1 is 1.30 bits per heavy atom.